The lowest BCUT2D eigenvalue weighted by molar-refractivity contribution is 0.00578. The topological polar surface area (TPSA) is 77.5 Å². The van der Waals surface area contributed by atoms with Crippen LogP contribution in [0.1, 0.15) is 55.4 Å². The molecule has 2 saturated heterocycles. The number of ether oxygens (including phenoxy) is 2. The number of benzene rings is 1. The van der Waals surface area contributed by atoms with E-state index in [1.54, 1.807) is 12.1 Å². The summed E-state index contributed by atoms with van der Waals surface area (Å²) in [7, 11) is 1.03. The molecule has 0 saturated carbocycles. The zero-order chi connectivity index (χ0) is 24.4. The number of nitrogens with zero attached hydrogens (tertiary/aromatic N) is 1. The van der Waals surface area contributed by atoms with Crippen LogP contribution in [0.3, 0.4) is 0 Å². The predicted molar refractivity (Wildman–Crippen MR) is 126 cm³/mol. The Bertz CT molecular complexity index is 703. The van der Waals surface area contributed by atoms with Crippen molar-refractivity contribution in [2.24, 2.45) is 0 Å². The van der Waals surface area contributed by atoms with Crippen molar-refractivity contribution in [1.29, 1.82) is 0 Å². The first kappa shape index (κ1) is 28.8. The molecule has 174 valence electrons. The van der Waals surface area contributed by atoms with Crippen LogP contribution in [0.15, 0.2) is 18.2 Å². The number of aliphatic hydroxyl groups is 1. The van der Waals surface area contributed by atoms with Crippen molar-refractivity contribution in [1.82, 2.24) is 0 Å². The molecule has 1 atom stereocenters. The molecule has 0 spiro atoms. The summed E-state index contributed by atoms with van der Waals surface area (Å²) in [5.74, 6) is 0.516. The highest BCUT2D eigenvalue weighted by Gasteiger charge is 2.51. The van der Waals surface area contributed by atoms with Crippen LogP contribution in [-0.2, 0) is 14.0 Å². The Balaban J connectivity index is 0.00000138. The smallest absolute Gasteiger partial charge is 0.494 e. The maximum atomic E-state index is 12.0. The van der Waals surface area contributed by atoms with E-state index in [9.17, 15) is 9.90 Å². The van der Waals surface area contributed by atoms with Gasteiger partial charge in [0, 0.05) is 0 Å². The molecule has 0 aromatic heterocycles. The van der Waals surface area contributed by atoms with E-state index in [1.165, 1.54) is 12.0 Å². The Hall–Kier alpha value is -2.21. The van der Waals surface area contributed by atoms with Gasteiger partial charge in [-0.15, -0.1) is 12.8 Å². The van der Waals surface area contributed by atoms with Crippen molar-refractivity contribution in [3.63, 3.8) is 0 Å². The monoisotopic (exact) mass is 435 g/mol. The minimum Gasteiger partial charge on any atom is -0.495 e. The van der Waals surface area contributed by atoms with E-state index in [1.807, 2.05) is 61.5 Å². The lowest BCUT2D eigenvalue weighted by atomic mass is 9.79. The van der Waals surface area contributed by atoms with E-state index in [0.717, 1.165) is 5.46 Å². The first-order valence-corrected chi connectivity index (χ1v) is 10.6. The Morgan fingerprint density at radius 1 is 1.13 bits per heavy atom. The molecule has 2 aliphatic heterocycles. The number of hydrogen-bond acceptors (Lipinski definition) is 6. The minimum absolute atomic E-state index is 0.212. The molecule has 2 aliphatic rings. The van der Waals surface area contributed by atoms with Gasteiger partial charge in [0.25, 0.3) is 0 Å². The molecular formula is C23H38BNO6. The van der Waals surface area contributed by atoms with E-state index in [4.69, 9.17) is 18.8 Å². The number of cyclic esters (lactones) is 1. The molecule has 0 bridgehead atoms. The molecule has 1 amide bonds. The van der Waals surface area contributed by atoms with Gasteiger partial charge < -0.3 is 23.9 Å². The first-order chi connectivity index (χ1) is 14.7. The van der Waals surface area contributed by atoms with Gasteiger partial charge in [-0.1, -0.05) is 33.8 Å². The first-order valence-electron chi connectivity index (χ1n) is 10.6. The highest BCUT2D eigenvalue weighted by molar-refractivity contribution is 6.62. The number of anilines is 1. The second-order valence-corrected chi connectivity index (χ2v) is 7.32. The van der Waals surface area contributed by atoms with E-state index in [0.29, 0.717) is 11.4 Å². The number of rotatable bonds is 4. The molecule has 2 heterocycles. The SMILES string of the molecule is C#C.CC.CC.COc1cc(B2OC(C)(C)C(C)(C)O2)ccc1N1C[C@H](CO)OC1=O. The molecule has 0 aliphatic carbocycles. The third kappa shape index (κ3) is 6.39. The van der Waals surface area contributed by atoms with Gasteiger partial charge in [-0.05, 0) is 45.3 Å². The number of aliphatic hydroxyl groups excluding tert-OH is 1. The van der Waals surface area contributed by atoms with E-state index in [2.05, 4.69) is 12.8 Å². The van der Waals surface area contributed by atoms with Gasteiger partial charge in [0.1, 0.15) is 11.9 Å². The maximum Gasteiger partial charge on any atom is 0.494 e. The summed E-state index contributed by atoms with van der Waals surface area (Å²) in [6.07, 6.45) is 6.97. The summed E-state index contributed by atoms with van der Waals surface area (Å²) in [5, 5.41) is 9.19. The Kier molecular flexibility index (Phi) is 11.7. The summed E-state index contributed by atoms with van der Waals surface area (Å²) in [5.41, 5.74) is 0.530. The normalized spacial score (nSPS) is 20.3. The molecule has 7 nitrogen and oxygen atoms in total. The zero-order valence-corrected chi connectivity index (χ0v) is 20.4. The summed E-state index contributed by atoms with van der Waals surface area (Å²) in [6, 6.07) is 5.43. The van der Waals surface area contributed by atoms with Crippen molar-refractivity contribution in [3.05, 3.63) is 18.2 Å². The molecule has 0 radical (unpaired) electrons. The summed E-state index contributed by atoms with van der Waals surface area (Å²) >= 11 is 0. The number of terminal acetylenes is 1. The fourth-order valence-corrected chi connectivity index (χ4v) is 2.86. The highest BCUT2D eigenvalue weighted by atomic mass is 16.7. The maximum absolute atomic E-state index is 12.0. The molecule has 1 N–H and O–H groups in total. The van der Waals surface area contributed by atoms with Crippen molar-refractivity contribution >= 4 is 24.4 Å². The molecule has 1 aromatic carbocycles. The minimum atomic E-state index is -0.528. The lowest BCUT2D eigenvalue weighted by Crippen LogP contribution is -2.41. The van der Waals surface area contributed by atoms with Crippen LogP contribution in [0.25, 0.3) is 0 Å². The van der Waals surface area contributed by atoms with Gasteiger partial charge in [0.2, 0.25) is 0 Å². The van der Waals surface area contributed by atoms with Crippen molar-refractivity contribution in [2.75, 3.05) is 25.2 Å². The largest absolute Gasteiger partial charge is 0.495 e. The predicted octanol–water partition coefficient (Wildman–Crippen LogP) is 3.61. The fourth-order valence-electron chi connectivity index (χ4n) is 2.86. The van der Waals surface area contributed by atoms with Crippen LogP contribution in [0.4, 0.5) is 10.5 Å². The second kappa shape index (κ2) is 12.6. The van der Waals surface area contributed by atoms with Gasteiger partial charge in [-0.3, -0.25) is 4.90 Å². The van der Waals surface area contributed by atoms with Crippen molar-refractivity contribution in [2.45, 2.75) is 72.7 Å². The zero-order valence-electron chi connectivity index (χ0n) is 20.4. The van der Waals surface area contributed by atoms with Crippen LogP contribution in [0.5, 0.6) is 5.75 Å². The fraction of sp³-hybridized carbons (Fsp3) is 0.609. The number of methoxy groups -OCH3 is 1. The van der Waals surface area contributed by atoms with Gasteiger partial charge in [0.05, 0.1) is 37.2 Å². The Labute approximate surface area is 188 Å². The molecule has 8 heteroatoms. The lowest BCUT2D eigenvalue weighted by Gasteiger charge is -2.32. The molecule has 31 heavy (non-hydrogen) atoms. The van der Waals surface area contributed by atoms with Crippen LogP contribution in [-0.4, -0.2) is 55.9 Å². The summed E-state index contributed by atoms with van der Waals surface area (Å²) in [6.45, 7) is 16.0. The van der Waals surface area contributed by atoms with Gasteiger partial charge >= 0.3 is 13.2 Å². The van der Waals surface area contributed by atoms with Crippen molar-refractivity contribution in [3.8, 4) is 18.6 Å². The average Bonchev–Trinajstić information content (AvgIpc) is 3.27. The average molecular weight is 435 g/mol. The van der Waals surface area contributed by atoms with Crippen LogP contribution in [0, 0.1) is 12.8 Å². The number of amides is 1. The third-order valence-corrected chi connectivity index (χ3v) is 5.10. The highest BCUT2D eigenvalue weighted by Crippen LogP contribution is 2.37. The van der Waals surface area contributed by atoms with E-state index >= 15 is 0 Å². The Morgan fingerprint density at radius 3 is 2.06 bits per heavy atom. The van der Waals surface area contributed by atoms with E-state index in [-0.39, 0.29) is 13.2 Å². The summed E-state index contributed by atoms with van der Waals surface area (Å²) < 4.78 is 22.7. The van der Waals surface area contributed by atoms with Gasteiger partial charge in [0.15, 0.2) is 0 Å². The summed E-state index contributed by atoms with van der Waals surface area (Å²) in [4.78, 5) is 13.5. The number of carbonyl (C=O) groups is 1. The number of carbonyl (C=O) groups excluding carboxylic acids is 1. The standard InChI is InChI=1S/C17H24BNO6.2C2H6.C2H2/c1-16(2)17(3,4)25-18(24-16)11-6-7-13(14(8-11)22-5)19-9-12(10-20)23-15(19)21;3*1-2/h6-8,12,20H,9-10H2,1-5H3;2*1-2H3;1-2H/t12-;;;/m1.../s1. The molecule has 3 rings (SSSR count). The molecule has 1 aromatic rings. The van der Waals surface area contributed by atoms with Crippen LogP contribution in [0.2, 0.25) is 0 Å². The van der Waals surface area contributed by atoms with Gasteiger partial charge in [-0.2, -0.15) is 0 Å². The molecule has 0 unspecified atom stereocenters. The quantitative estimate of drug-likeness (QED) is 0.575. The molecular weight excluding hydrogens is 397 g/mol. The van der Waals surface area contributed by atoms with Crippen LogP contribution < -0.4 is 15.1 Å². The van der Waals surface area contributed by atoms with Crippen LogP contribution >= 0.6 is 0 Å². The number of hydrogen-bond donors (Lipinski definition) is 1. The Morgan fingerprint density at radius 2 is 1.65 bits per heavy atom. The van der Waals surface area contributed by atoms with Gasteiger partial charge in [-0.25, -0.2) is 4.79 Å². The van der Waals surface area contributed by atoms with Crippen molar-refractivity contribution < 1.29 is 28.7 Å². The second-order valence-electron chi connectivity index (χ2n) is 7.32. The third-order valence-electron chi connectivity index (χ3n) is 5.10. The van der Waals surface area contributed by atoms with E-state index < -0.39 is 30.5 Å². The molecule has 2 fully saturated rings.